The van der Waals surface area contributed by atoms with Crippen molar-refractivity contribution in [2.45, 2.75) is 25.9 Å². The second kappa shape index (κ2) is 10.8. The Hall–Kier alpha value is -3.94. The molecule has 0 bridgehead atoms. The second-order valence-corrected chi connectivity index (χ2v) is 8.66. The molecule has 0 unspecified atom stereocenters. The van der Waals surface area contributed by atoms with Crippen LogP contribution in [0.5, 0.6) is 0 Å². The van der Waals surface area contributed by atoms with Gasteiger partial charge < -0.3 is 0 Å². The molecule has 38 heavy (non-hydrogen) atoms. The number of halogens is 8. The zero-order valence-electron chi connectivity index (χ0n) is 19.9. The minimum absolute atomic E-state index is 0.0245. The summed E-state index contributed by atoms with van der Waals surface area (Å²) in [5, 5.41) is 0. The third-order valence-electron chi connectivity index (χ3n) is 6.03. The third kappa shape index (κ3) is 5.64. The summed E-state index contributed by atoms with van der Waals surface area (Å²) in [6.45, 7) is 2.07. The van der Waals surface area contributed by atoms with E-state index in [-0.39, 0.29) is 23.3 Å². The van der Waals surface area contributed by atoms with Gasteiger partial charge in [0.25, 0.3) is 0 Å². The topological polar surface area (TPSA) is 0 Å². The molecule has 0 saturated heterocycles. The number of alkyl halides is 3. The molecule has 0 amide bonds. The lowest BCUT2D eigenvalue weighted by atomic mass is 9.97. The first-order valence-corrected chi connectivity index (χ1v) is 11.6. The van der Waals surface area contributed by atoms with Gasteiger partial charge in [-0.3, -0.25) is 0 Å². The van der Waals surface area contributed by atoms with E-state index in [1.807, 2.05) is 24.3 Å². The van der Waals surface area contributed by atoms with E-state index in [1.165, 1.54) is 18.2 Å². The van der Waals surface area contributed by atoms with E-state index in [9.17, 15) is 35.1 Å². The lowest BCUT2D eigenvalue weighted by molar-refractivity contribution is -0.140. The Bertz CT molecular complexity index is 1500. The molecule has 0 spiro atoms. The molecule has 0 aliphatic heterocycles. The summed E-state index contributed by atoms with van der Waals surface area (Å²) in [4.78, 5) is 0. The van der Waals surface area contributed by atoms with Gasteiger partial charge >= 0.3 is 6.18 Å². The zero-order valence-corrected chi connectivity index (χ0v) is 19.9. The average molecular weight is 532 g/mol. The Kier molecular flexibility index (Phi) is 7.71. The second-order valence-electron chi connectivity index (χ2n) is 8.66. The van der Waals surface area contributed by atoms with Crippen LogP contribution in [0.2, 0.25) is 0 Å². The summed E-state index contributed by atoms with van der Waals surface area (Å²) in [7, 11) is 0. The molecule has 8 heteroatoms. The first-order valence-electron chi connectivity index (χ1n) is 11.6. The van der Waals surface area contributed by atoms with E-state index in [4.69, 9.17) is 0 Å². The molecule has 4 rings (SSSR count). The van der Waals surface area contributed by atoms with E-state index in [0.29, 0.717) is 11.6 Å². The molecule has 196 valence electrons. The number of hydrogen-bond donors (Lipinski definition) is 0. The Labute approximate surface area is 213 Å². The summed E-state index contributed by atoms with van der Waals surface area (Å²) >= 11 is 0. The van der Waals surface area contributed by atoms with Gasteiger partial charge in [-0.15, -0.1) is 0 Å². The third-order valence-corrected chi connectivity index (χ3v) is 6.03. The van der Waals surface area contributed by atoms with E-state index in [0.717, 1.165) is 36.1 Å². The van der Waals surface area contributed by atoms with Crippen molar-refractivity contribution in [2.24, 2.45) is 0 Å². The van der Waals surface area contributed by atoms with E-state index < -0.39 is 52.0 Å². The molecule has 0 aliphatic rings. The molecule has 0 nitrogen and oxygen atoms in total. The van der Waals surface area contributed by atoms with Crippen LogP contribution in [-0.2, 0) is 12.6 Å². The fraction of sp³-hybridized carbons (Fsp3) is 0.133. The summed E-state index contributed by atoms with van der Waals surface area (Å²) in [6, 6.07) is 15.9. The Balaban J connectivity index is 1.62. The largest absolute Gasteiger partial charge is 0.419 e. The maximum Gasteiger partial charge on any atom is 0.419 e. The van der Waals surface area contributed by atoms with E-state index >= 15 is 0 Å². The fourth-order valence-electron chi connectivity index (χ4n) is 4.07. The minimum atomic E-state index is -5.02. The monoisotopic (exact) mass is 532 g/mol. The van der Waals surface area contributed by atoms with Crippen LogP contribution in [0.4, 0.5) is 35.1 Å². The highest BCUT2D eigenvalue weighted by atomic mass is 19.4. The summed E-state index contributed by atoms with van der Waals surface area (Å²) in [6.07, 6.45) is -3.09. The van der Waals surface area contributed by atoms with Gasteiger partial charge in [0.05, 0.1) is 5.56 Å². The summed E-state index contributed by atoms with van der Waals surface area (Å²) in [5.74, 6) is -7.18. The van der Waals surface area contributed by atoms with E-state index in [1.54, 1.807) is 6.07 Å². The molecule has 0 heterocycles. The molecule has 0 aliphatic carbocycles. The molecule has 0 aromatic heterocycles. The SMILES string of the molecule is CCCc1ccc(-c2ccc(-c3ccc(/C(F)=C(\F)c4ccc(C(F)(F)F)c(F)c4)c(F)c3)c(F)c2)cc1. The molecule has 0 radical (unpaired) electrons. The Morgan fingerprint density at radius 3 is 1.84 bits per heavy atom. The maximum absolute atomic E-state index is 14.9. The zero-order chi connectivity index (χ0) is 27.6. The van der Waals surface area contributed by atoms with Crippen LogP contribution in [0.1, 0.15) is 35.6 Å². The first-order chi connectivity index (χ1) is 18.0. The summed E-state index contributed by atoms with van der Waals surface area (Å²) in [5.41, 5.74) is -0.697. The van der Waals surface area contributed by atoms with Gasteiger partial charge in [0, 0.05) is 16.7 Å². The van der Waals surface area contributed by atoms with Crippen molar-refractivity contribution < 1.29 is 35.1 Å². The average Bonchev–Trinajstić information content (AvgIpc) is 2.87. The molecule has 4 aromatic carbocycles. The van der Waals surface area contributed by atoms with Gasteiger partial charge in [-0.05, 0) is 59.0 Å². The molecule has 4 aromatic rings. The molecule has 0 saturated carbocycles. The Morgan fingerprint density at radius 2 is 1.26 bits per heavy atom. The van der Waals surface area contributed by atoms with Crippen molar-refractivity contribution >= 4 is 11.7 Å². The van der Waals surface area contributed by atoms with Crippen molar-refractivity contribution in [1.29, 1.82) is 0 Å². The van der Waals surface area contributed by atoms with Crippen LogP contribution in [0.25, 0.3) is 33.9 Å². The predicted octanol–water partition coefficient (Wildman–Crippen LogP) is 10.2. The number of aryl methyl sites for hydroxylation is 1. The van der Waals surface area contributed by atoms with Crippen molar-refractivity contribution in [3.8, 4) is 22.3 Å². The highest BCUT2D eigenvalue weighted by molar-refractivity contribution is 5.84. The van der Waals surface area contributed by atoms with Crippen LogP contribution in [-0.4, -0.2) is 0 Å². The van der Waals surface area contributed by atoms with Gasteiger partial charge in [0.2, 0.25) is 0 Å². The van der Waals surface area contributed by atoms with Gasteiger partial charge in [0.15, 0.2) is 11.7 Å². The van der Waals surface area contributed by atoms with Gasteiger partial charge in [-0.1, -0.05) is 61.9 Å². The van der Waals surface area contributed by atoms with Gasteiger partial charge in [-0.2, -0.15) is 13.2 Å². The van der Waals surface area contributed by atoms with Crippen LogP contribution in [0.3, 0.4) is 0 Å². The minimum Gasteiger partial charge on any atom is -0.206 e. The lowest BCUT2D eigenvalue weighted by Gasteiger charge is -2.11. The quantitative estimate of drug-likeness (QED) is 0.171. The van der Waals surface area contributed by atoms with E-state index in [2.05, 4.69) is 6.92 Å². The Morgan fingerprint density at radius 1 is 0.632 bits per heavy atom. The van der Waals surface area contributed by atoms with Crippen molar-refractivity contribution in [1.82, 2.24) is 0 Å². The van der Waals surface area contributed by atoms with Crippen LogP contribution >= 0.6 is 0 Å². The summed E-state index contributed by atoms with van der Waals surface area (Å²) < 4.78 is 111. The van der Waals surface area contributed by atoms with Crippen LogP contribution in [0.15, 0.2) is 78.9 Å². The maximum atomic E-state index is 14.9. The predicted molar refractivity (Wildman–Crippen MR) is 132 cm³/mol. The normalized spacial score (nSPS) is 12.4. The van der Waals surface area contributed by atoms with Crippen molar-refractivity contribution in [2.75, 3.05) is 0 Å². The standard InChI is InChI=1S/C30H20F8/c1-2-3-17-4-6-18(7-5-17)19-8-11-22(25(31)14-19)20-9-12-23(26(32)15-20)29(35)28(34)21-10-13-24(27(33)16-21)30(36,37)38/h4-16H,2-3H2,1H3/b29-28+. The molecule has 0 fully saturated rings. The molecule has 0 atom stereocenters. The van der Waals surface area contributed by atoms with Crippen LogP contribution in [0, 0.1) is 17.5 Å². The molecular weight excluding hydrogens is 512 g/mol. The fourth-order valence-corrected chi connectivity index (χ4v) is 4.07. The number of benzene rings is 4. The van der Waals surface area contributed by atoms with Gasteiger partial charge in [-0.25, -0.2) is 22.0 Å². The smallest absolute Gasteiger partial charge is 0.206 e. The highest BCUT2D eigenvalue weighted by Crippen LogP contribution is 2.36. The van der Waals surface area contributed by atoms with Gasteiger partial charge in [0.1, 0.15) is 17.5 Å². The molecular formula is C30H20F8. The van der Waals surface area contributed by atoms with Crippen LogP contribution < -0.4 is 0 Å². The van der Waals surface area contributed by atoms with Crippen molar-refractivity contribution in [3.05, 3.63) is 119 Å². The number of rotatable bonds is 6. The first kappa shape index (κ1) is 27.1. The lowest BCUT2D eigenvalue weighted by Crippen LogP contribution is -2.08. The highest BCUT2D eigenvalue weighted by Gasteiger charge is 2.34. The molecule has 0 N–H and O–H groups in total. The van der Waals surface area contributed by atoms with Crippen molar-refractivity contribution in [3.63, 3.8) is 0 Å². The number of hydrogen-bond acceptors (Lipinski definition) is 0.